The number of aliphatic hydroxyl groups is 1. The minimum atomic E-state index is -4.52. The molecule has 7 heteroatoms. The van der Waals surface area contributed by atoms with Crippen molar-refractivity contribution in [2.24, 2.45) is 0 Å². The number of benzene rings is 1. The molecule has 1 aliphatic rings. The summed E-state index contributed by atoms with van der Waals surface area (Å²) in [7, 11) is -3.68. The fourth-order valence-corrected chi connectivity index (χ4v) is 3.33. The lowest BCUT2D eigenvalue weighted by Gasteiger charge is -2.09. The van der Waals surface area contributed by atoms with Crippen LogP contribution in [0.5, 0.6) is 0 Å². The predicted octanol–water partition coefficient (Wildman–Crippen LogP) is 2.22. The summed E-state index contributed by atoms with van der Waals surface area (Å²) in [6, 6.07) is 2.50. The lowest BCUT2D eigenvalue weighted by molar-refractivity contribution is -0.137. The Morgan fingerprint density at radius 3 is 2.44 bits per heavy atom. The molecule has 0 aromatic heterocycles. The number of halogens is 3. The van der Waals surface area contributed by atoms with Crippen LogP contribution in [0.4, 0.5) is 13.2 Å². The van der Waals surface area contributed by atoms with Gasteiger partial charge in [0.2, 0.25) is 9.84 Å². The van der Waals surface area contributed by atoms with Crippen molar-refractivity contribution in [1.29, 1.82) is 0 Å². The van der Waals surface area contributed by atoms with Gasteiger partial charge >= 0.3 is 6.18 Å². The van der Waals surface area contributed by atoms with Crippen molar-refractivity contribution in [2.75, 3.05) is 6.61 Å². The number of sulfone groups is 1. The zero-order valence-corrected chi connectivity index (χ0v) is 9.85. The Bertz CT molecular complexity index is 615. The van der Waals surface area contributed by atoms with Gasteiger partial charge < -0.3 is 5.11 Å². The second-order valence-corrected chi connectivity index (χ2v) is 5.64. The van der Waals surface area contributed by atoms with Gasteiger partial charge in [-0.05, 0) is 35.8 Å². The molecule has 0 aliphatic carbocycles. The van der Waals surface area contributed by atoms with Crippen molar-refractivity contribution in [3.8, 4) is 0 Å². The third-order valence-electron chi connectivity index (χ3n) is 2.64. The van der Waals surface area contributed by atoms with Gasteiger partial charge in [-0.15, -0.1) is 0 Å². The minimum absolute atomic E-state index is 0.00748. The van der Waals surface area contributed by atoms with Crippen LogP contribution in [-0.2, 0) is 16.0 Å². The maximum atomic E-state index is 12.5. The van der Waals surface area contributed by atoms with E-state index in [1.807, 2.05) is 0 Å². The number of hydrogen-bond donors (Lipinski definition) is 1. The number of hydrogen-bond acceptors (Lipinski definition) is 3. The molecule has 1 aliphatic heterocycles. The first kappa shape index (κ1) is 13.1. The van der Waals surface area contributed by atoms with Crippen molar-refractivity contribution in [1.82, 2.24) is 0 Å². The molecule has 1 aromatic carbocycles. The Kier molecular flexibility index (Phi) is 2.98. The number of alkyl halides is 3. The molecule has 1 heterocycles. The van der Waals surface area contributed by atoms with E-state index < -0.39 is 21.6 Å². The number of aliphatic hydroxyl groups excluding tert-OH is 1. The summed E-state index contributed by atoms with van der Waals surface area (Å²) in [5, 5.41) is 9.70. The van der Waals surface area contributed by atoms with Gasteiger partial charge in [0.1, 0.15) is 0 Å². The smallest absolute Gasteiger partial charge is 0.396 e. The molecule has 0 amide bonds. The van der Waals surface area contributed by atoms with Gasteiger partial charge in [0.25, 0.3) is 0 Å². The van der Waals surface area contributed by atoms with E-state index in [-0.39, 0.29) is 29.1 Å². The second-order valence-electron chi connectivity index (χ2n) is 3.87. The first-order chi connectivity index (χ1) is 8.25. The first-order valence-corrected chi connectivity index (χ1v) is 6.58. The SMILES string of the molecule is O=S1(=O)C=C(CCO)c2cc(C(F)(F)F)ccc21. The van der Waals surface area contributed by atoms with Crippen LogP contribution in [-0.4, -0.2) is 20.1 Å². The standard InChI is InChI=1S/C11H9F3O3S/c12-11(13,14)8-1-2-10-9(5-8)7(3-4-15)6-18(10,16)17/h1-2,5-6,15H,3-4H2. The van der Waals surface area contributed by atoms with Gasteiger partial charge in [0.15, 0.2) is 0 Å². The molecule has 0 unspecified atom stereocenters. The third-order valence-corrected chi connectivity index (χ3v) is 4.20. The van der Waals surface area contributed by atoms with E-state index in [2.05, 4.69) is 0 Å². The highest BCUT2D eigenvalue weighted by atomic mass is 32.2. The molecule has 0 saturated carbocycles. The topological polar surface area (TPSA) is 54.4 Å². The molecule has 0 spiro atoms. The van der Waals surface area contributed by atoms with Gasteiger partial charge in [-0.25, -0.2) is 8.42 Å². The van der Waals surface area contributed by atoms with E-state index in [1.54, 1.807) is 0 Å². The normalized spacial score (nSPS) is 17.4. The van der Waals surface area contributed by atoms with Crippen molar-refractivity contribution < 1.29 is 26.7 Å². The quantitative estimate of drug-likeness (QED) is 0.902. The lowest BCUT2D eigenvalue weighted by atomic mass is 10.0. The fourth-order valence-electron chi connectivity index (χ4n) is 1.83. The Labute approximate surface area is 101 Å². The lowest BCUT2D eigenvalue weighted by Crippen LogP contribution is -2.06. The molecule has 98 valence electrons. The summed E-state index contributed by atoms with van der Waals surface area (Å²) in [5.41, 5.74) is -0.667. The Hall–Kier alpha value is -1.34. The summed E-state index contributed by atoms with van der Waals surface area (Å²) in [5.74, 6) is 0. The Morgan fingerprint density at radius 2 is 1.89 bits per heavy atom. The van der Waals surface area contributed by atoms with Crippen LogP contribution in [0.2, 0.25) is 0 Å². The van der Waals surface area contributed by atoms with Crippen molar-refractivity contribution in [3.63, 3.8) is 0 Å². The van der Waals surface area contributed by atoms with Crippen LogP contribution in [0.25, 0.3) is 5.57 Å². The molecule has 1 N–H and O–H groups in total. The van der Waals surface area contributed by atoms with E-state index in [0.717, 1.165) is 23.6 Å². The maximum absolute atomic E-state index is 12.5. The molecule has 0 bridgehead atoms. The van der Waals surface area contributed by atoms with E-state index in [1.165, 1.54) is 0 Å². The summed E-state index contributed by atoms with van der Waals surface area (Å²) < 4.78 is 61.0. The first-order valence-electron chi connectivity index (χ1n) is 5.04. The van der Waals surface area contributed by atoms with Crippen LogP contribution in [0.1, 0.15) is 17.5 Å². The van der Waals surface area contributed by atoms with Crippen molar-refractivity contribution >= 4 is 15.4 Å². The second kappa shape index (κ2) is 4.10. The Morgan fingerprint density at radius 1 is 1.22 bits per heavy atom. The molecule has 1 aromatic rings. The zero-order valence-electron chi connectivity index (χ0n) is 9.03. The highest BCUT2D eigenvalue weighted by molar-refractivity contribution is 7.95. The van der Waals surface area contributed by atoms with E-state index >= 15 is 0 Å². The minimum Gasteiger partial charge on any atom is -0.396 e. The molecule has 18 heavy (non-hydrogen) atoms. The highest BCUT2D eigenvalue weighted by Crippen LogP contribution is 2.39. The monoisotopic (exact) mass is 278 g/mol. The highest BCUT2D eigenvalue weighted by Gasteiger charge is 2.34. The summed E-state index contributed by atoms with van der Waals surface area (Å²) in [6.45, 7) is -0.322. The van der Waals surface area contributed by atoms with Crippen LogP contribution in [0.3, 0.4) is 0 Å². The predicted molar refractivity (Wildman–Crippen MR) is 58.3 cm³/mol. The molecular weight excluding hydrogens is 269 g/mol. The van der Waals surface area contributed by atoms with Crippen molar-refractivity contribution in [2.45, 2.75) is 17.5 Å². The summed E-state index contributed by atoms with van der Waals surface area (Å²) in [6.07, 6.45) is -4.51. The molecule has 2 rings (SSSR count). The average molecular weight is 278 g/mol. The largest absolute Gasteiger partial charge is 0.416 e. The van der Waals surface area contributed by atoms with Crippen LogP contribution < -0.4 is 0 Å². The zero-order chi connectivity index (χ0) is 13.6. The molecule has 0 saturated heterocycles. The van der Waals surface area contributed by atoms with Gasteiger partial charge in [-0.1, -0.05) is 0 Å². The van der Waals surface area contributed by atoms with Crippen molar-refractivity contribution in [3.05, 3.63) is 34.7 Å². The molecule has 0 fully saturated rings. The summed E-state index contributed by atoms with van der Waals surface area (Å²) >= 11 is 0. The van der Waals surface area contributed by atoms with Gasteiger partial charge in [-0.2, -0.15) is 13.2 Å². The molecular formula is C11H9F3O3S. The number of fused-ring (bicyclic) bond motifs is 1. The average Bonchev–Trinajstić information content (AvgIpc) is 2.50. The van der Waals surface area contributed by atoms with Crippen LogP contribution in [0.15, 0.2) is 28.5 Å². The van der Waals surface area contributed by atoms with Gasteiger partial charge in [-0.3, -0.25) is 0 Å². The summed E-state index contributed by atoms with van der Waals surface area (Å²) in [4.78, 5) is -0.140. The molecule has 0 atom stereocenters. The third kappa shape index (κ3) is 2.15. The fraction of sp³-hybridized carbons (Fsp3) is 0.273. The van der Waals surface area contributed by atoms with E-state index in [4.69, 9.17) is 5.11 Å². The van der Waals surface area contributed by atoms with Gasteiger partial charge in [0.05, 0.1) is 10.5 Å². The van der Waals surface area contributed by atoms with Gasteiger partial charge in [0, 0.05) is 12.0 Å². The number of rotatable bonds is 2. The van der Waals surface area contributed by atoms with Crippen LogP contribution in [0, 0.1) is 0 Å². The maximum Gasteiger partial charge on any atom is 0.416 e. The van der Waals surface area contributed by atoms with E-state index in [9.17, 15) is 21.6 Å². The molecule has 0 radical (unpaired) electrons. The van der Waals surface area contributed by atoms with E-state index in [0.29, 0.717) is 0 Å². The van der Waals surface area contributed by atoms with Crippen LogP contribution >= 0.6 is 0 Å². The molecule has 3 nitrogen and oxygen atoms in total. The Balaban J connectivity index is 2.60.